The number of anilines is 2. The maximum atomic E-state index is 13.8. The Labute approximate surface area is 166 Å². The van der Waals surface area contributed by atoms with Gasteiger partial charge in [-0.3, -0.25) is 14.5 Å². The molecule has 1 heterocycles. The number of hydrogen-bond acceptors (Lipinski definition) is 6. The molecule has 1 aliphatic rings. The number of thioether (sulfide) groups is 1. The summed E-state index contributed by atoms with van der Waals surface area (Å²) in [6.07, 6.45) is 1.94. The van der Waals surface area contributed by atoms with Gasteiger partial charge in [-0.1, -0.05) is 39.0 Å². The monoisotopic (exact) mass is 458 g/mol. The molecule has 0 radical (unpaired) electrons. The normalized spacial score (nSPS) is 14.8. The van der Waals surface area contributed by atoms with Crippen molar-refractivity contribution in [1.82, 2.24) is 10.2 Å². The van der Waals surface area contributed by atoms with Gasteiger partial charge in [-0.05, 0) is 38.0 Å². The van der Waals surface area contributed by atoms with E-state index in [0.29, 0.717) is 13.9 Å². The predicted octanol–water partition coefficient (Wildman–Crippen LogP) is 4.07. The molecule has 1 atom stereocenters. The largest absolute Gasteiger partial charge is 0.323 e. The Kier molecular flexibility index (Phi) is 5.93. The third kappa shape index (κ3) is 4.60. The van der Waals surface area contributed by atoms with Crippen LogP contribution >= 0.6 is 39.0 Å². The Hall–Kier alpha value is -1.52. The second-order valence-electron chi connectivity index (χ2n) is 5.84. The highest BCUT2D eigenvalue weighted by atomic mass is 79.9. The minimum atomic E-state index is -0.510. The van der Waals surface area contributed by atoms with Crippen molar-refractivity contribution >= 4 is 61.7 Å². The molecule has 1 aromatic heterocycles. The van der Waals surface area contributed by atoms with Crippen LogP contribution in [0.5, 0.6) is 0 Å². The molecule has 138 valence electrons. The first kappa shape index (κ1) is 19.2. The Morgan fingerprint density at radius 3 is 2.77 bits per heavy atom. The molecule has 1 N–H and O–H groups in total. The number of halogens is 2. The van der Waals surface area contributed by atoms with E-state index >= 15 is 0 Å². The SMILES string of the molecule is CC(=O)N(c1nnc(SC(C)C(=O)Nc2ccc(Br)cc2F)s1)C1CC1. The van der Waals surface area contributed by atoms with Gasteiger partial charge < -0.3 is 5.32 Å². The highest BCUT2D eigenvalue weighted by Crippen LogP contribution is 2.36. The van der Waals surface area contributed by atoms with Crippen molar-refractivity contribution in [2.24, 2.45) is 0 Å². The first-order chi connectivity index (χ1) is 12.3. The van der Waals surface area contributed by atoms with Crippen molar-refractivity contribution in [3.63, 3.8) is 0 Å². The number of carbonyl (C=O) groups excluding carboxylic acids is 2. The molecule has 0 bridgehead atoms. The van der Waals surface area contributed by atoms with Gasteiger partial charge in [-0.15, -0.1) is 10.2 Å². The maximum Gasteiger partial charge on any atom is 0.237 e. The van der Waals surface area contributed by atoms with E-state index in [-0.39, 0.29) is 23.5 Å². The number of hydrogen-bond donors (Lipinski definition) is 1. The van der Waals surface area contributed by atoms with Crippen molar-refractivity contribution in [2.45, 2.75) is 42.3 Å². The van der Waals surface area contributed by atoms with Gasteiger partial charge in [0.15, 0.2) is 4.34 Å². The van der Waals surface area contributed by atoms with E-state index < -0.39 is 11.1 Å². The van der Waals surface area contributed by atoms with Crippen LogP contribution in [0.4, 0.5) is 15.2 Å². The van der Waals surface area contributed by atoms with Crippen LogP contribution in [0.25, 0.3) is 0 Å². The summed E-state index contributed by atoms with van der Waals surface area (Å²) in [7, 11) is 0. The van der Waals surface area contributed by atoms with E-state index in [9.17, 15) is 14.0 Å². The lowest BCUT2D eigenvalue weighted by Crippen LogP contribution is -2.30. The van der Waals surface area contributed by atoms with Crippen LogP contribution in [0.3, 0.4) is 0 Å². The van der Waals surface area contributed by atoms with Gasteiger partial charge in [0.2, 0.25) is 16.9 Å². The van der Waals surface area contributed by atoms with Crippen LogP contribution in [0, 0.1) is 5.82 Å². The molecule has 1 aromatic carbocycles. The summed E-state index contributed by atoms with van der Waals surface area (Å²) in [6, 6.07) is 4.65. The Morgan fingerprint density at radius 2 is 2.15 bits per heavy atom. The number of benzene rings is 1. The first-order valence-corrected chi connectivity index (χ1v) is 10.4. The number of nitrogens with zero attached hydrogens (tertiary/aromatic N) is 3. The number of aromatic nitrogens is 2. The van der Waals surface area contributed by atoms with Crippen molar-refractivity contribution in [3.8, 4) is 0 Å². The molecule has 1 aliphatic carbocycles. The fraction of sp³-hybridized carbons (Fsp3) is 0.375. The third-order valence-corrected chi connectivity index (χ3v) is 6.29. The van der Waals surface area contributed by atoms with Crippen LogP contribution in [0.2, 0.25) is 0 Å². The van der Waals surface area contributed by atoms with Gasteiger partial charge in [0.1, 0.15) is 5.82 Å². The fourth-order valence-corrected chi connectivity index (χ4v) is 4.69. The summed E-state index contributed by atoms with van der Waals surface area (Å²) in [5, 5.41) is 10.8. The van der Waals surface area contributed by atoms with Crippen molar-refractivity contribution in [2.75, 3.05) is 10.2 Å². The van der Waals surface area contributed by atoms with Crippen molar-refractivity contribution in [1.29, 1.82) is 0 Å². The second kappa shape index (κ2) is 8.01. The van der Waals surface area contributed by atoms with Gasteiger partial charge in [0, 0.05) is 17.4 Å². The zero-order valence-corrected chi connectivity index (χ0v) is 17.3. The highest BCUT2D eigenvalue weighted by molar-refractivity contribution is 9.10. The molecule has 2 aromatic rings. The molecule has 1 saturated carbocycles. The summed E-state index contributed by atoms with van der Waals surface area (Å²) in [4.78, 5) is 25.7. The van der Waals surface area contributed by atoms with Crippen LogP contribution in [-0.2, 0) is 9.59 Å². The molecule has 0 saturated heterocycles. The Morgan fingerprint density at radius 1 is 1.42 bits per heavy atom. The topological polar surface area (TPSA) is 75.2 Å². The molecular formula is C16H16BrFN4O2S2. The smallest absolute Gasteiger partial charge is 0.237 e. The average molecular weight is 459 g/mol. The van der Waals surface area contributed by atoms with E-state index in [0.717, 1.165) is 12.8 Å². The van der Waals surface area contributed by atoms with Gasteiger partial charge in [0.05, 0.1) is 10.9 Å². The lowest BCUT2D eigenvalue weighted by Gasteiger charge is -2.15. The van der Waals surface area contributed by atoms with E-state index in [1.807, 2.05) is 0 Å². The zero-order chi connectivity index (χ0) is 18.8. The number of carbonyl (C=O) groups is 2. The minimum absolute atomic E-state index is 0.0586. The highest BCUT2D eigenvalue weighted by Gasteiger charge is 2.34. The van der Waals surface area contributed by atoms with E-state index in [1.54, 1.807) is 17.9 Å². The molecule has 10 heteroatoms. The Bertz CT molecular complexity index is 843. The second-order valence-corrected chi connectivity index (χ2v) is 9.30. The van der Waals surface area contributed by atoms with Gasteiger partial charge >= 0.3 is 0 Å². The molecule has 6 nitrogen and oxygen atoms in total. The van der Waals surface area contributed by atoms with Crippen LogP contribution < -0.4 is 10.2 Å². The summed E-state index contributed by atoms with van der Waals surface area (Å²) in [5.41, 5.74) is 0.125. The molecule has 0 spiro atoms. The quantitative estimate of drug-likeness (QED) is 0.521. The van der Waals surface area contributed by atoms with Gasteiger partial charge in [-0.25, -0.2) is 4.39 Å². The molecule has 2 amide bonds. The van der Waals surface area contributed by atoms with E-state index in [2.05, 4.69) is 31.4 Å². The summed E-state index contributed by atoms with van der Waals surface area (Å²) in [5.74, 6) is -0.903. The maximum absolute atomic E-state index is 13.8. The summed E-state index contributed by atoms with van der Waals surface area (Å²) < 4.78 is 15.0. The molecule has 1 fully saturated rings. The predicted molar refractivity (Wildman–Crippen MR) is 104 cm³/mol. The summed E-state index contributed by atoms with van der Waals surface area (Å²) in [6.45, 7) is 3.22. The molecule has 26 heavy (non-hydrogen) atoms. The lowest BCUT2D eigenvalue weighted by molar-refractivity contribution is -0.117. The van der Waals surface area contributed by atoms with Crippen LogP contribution in [0.15, 0.2) is 27.0 Å². The fourth-order valence-electron chi connectivity index (χ4n) is 2.26. The van der Waals surface area contributed by atoms with Crippen molar-refractivity contribution < 1.29 is 14.0 Å². The standard InChI is InChI=1S/C16H16BrFN4O2S2/c1-8(14(24)19-13-6-3-10(17)7-12(13)18)25-16-21-20-15(26-16)22(9(2)23)11-4-5-11/h3,6-8,11H,4-5H2,1-2H3,(H,19,24). The molecule has 3 rings (SSSR count). The number of amides is 2. The van der Waals surface area contributed by atoms with E-state index in [4.69, 9.17) is 0 Å². The zero-order valence-electron chi connectivity index (χ0n) is 14.0. The van der Waals surface area contributed by atoms with Gasteiger partial charge in [0.25, 0.3) is 0 Å². The van der Waals surface area contributed by atoms with Crippen LogP contribution in [0.1, 0.15) is 26.7 Å². The summed E-state index contributed by atoms with van der Waals surface area (Å²) >= 11 is 5.68. The Balaban J connectivity index is 1.63. The van der Waals surface area contributed by atoms with Gasteiger partial charge in [-0.2, -0.15) is 0 Å². The lowest BCUT2D eigenvalue weighted by atomic mass is 10.3. The number of rotatable bonds is 6. The minimum Gasteiger partial charge on any atom is -0.323 e. The molecular weight excluding hydrogens is 443 g/mol. The first-order valence-electron chi connectivity index (χ1n) is 7.91. The van der Waals surface area contributed by atoms with E-state index in [1.165, 1.54) is 42.2 Å². The number of nitrogens with one attached hydrogen (secondary N) is 1. The average Bonchev–Trinajstić information content (AvgIpc) is 3.29. The molecule has 0 aliphatic heterocycles. The van der Waals surface area contributed by atoms with Crippen LogP contribution in [-0.4, -0.2) is 33.3 Å². The molecule has 1 unspecified atom stereocenters. The van der Waals surface area contributed by atoms with Crippen molar-refractivity contribution in [3.05, 3.63) is 28.5 Å². The third-order valence-electron chi connectivity index (χ3n) is 3.69.